The van der Waals surface area contributed by atoms with Gasteiger partial charge in [0, 0.05) is 16.8 Å². The standard InChI is InChI=1S/C20H19N6O2/c1-20(2)10-17(22-16-7-6-12(11-27)8-15(16)20)13-4-3-5-14(9-13)18-23-24-25-26(18)19(21)28/h3-9,17,22H,10H2,1-2H3,(H2,21,28). The first kappa shape index (κ1) is 17.8. The van der Waals surface area contributed by atoms with Crippen molar-refractivity contribution in [3.05, 3.63) is 59.2 Å². The van der Waals surface area contributed by atoms with Crippen LogP contribution in [0.5, 0.6) is 0 Å². The molecule has 4 rings (SSSR count). The Balaban J connectivity index is 1.71. The Bertz CT molecular complexity index is 1070. The van der Waals surface area contributed by atoms with Crippen molar-refractivity contribution in [1.82, 2.24) is 20.2 Å². The van der Waals surface area contributed by atoms with Gasteiger partial charge in [-0.15, -0.1) is 9.78 Å². The van der Waals surface area contributed by atoms with Crippen LogP contribution in [0.15, 0.2) is 42.5 Å². The average molecular weight is 375 g/mol. The monoisotopic (exact) mass is 375 g/mol. The van der Waals surface area contributed by atoms with Gasteiger partial charge in [-0.25, -0.2) is 4.79 Å². The summed E-state index contributed by atoms with van der Waals surface area (Å²) in [6, 6.07) is 12.6. The molecule has 1 unspecified atom stereocenters. The summed E-state index contributed by atoms with van der Waals surface area (Å²) in [5.41, 5.74) is 9.58. The lowest BCUT2D eigenvalue weighted by Gasteiger charge is -2.39. The summed E-state index contributed by atoms with van der Waals surface area (Å²) in [5, 5.41) is 14.7. The van der Waals surface area contributed by atoms with E-state index in [1.165, 1.54) is 0 Å². The first-order valence-electron chi connectivity index (χ1n) is 8.87. The van der Waals surface area contributed by atoms with Crippen molar-refractivity contribution in [2.45, 2.75) is 31.7 Å². The van der Waals surface area contributed by atoms with Gasteiger partial charge in [-0.3, -0.25) is 4.79 Å². The van der Waals surface area contributed by atoms with Crippen LogP contribution in [0.3, 0.4) is 0 Å². The van der Waals surface area contributed by atoms with Gasteiger partial charge in [0.05, 0.1) is 6.04 Å². The predicted octanol–water partition coefficient (Wildman–Crippen LogP) is 2.56. The molecule has 2 aromatic carbocycles. The van der Waals surface area contributed by atoms with Crippen LogP contribution < -0.4 is 11.1 Å². The van der Waals surface area contributed by atoms with E-state index in [1.54, 1.807) is 6.07 Å². The molecule has 28 heavy (non-hydrogen) atoms. The highest BCUT2D eigenvalue weighted by molar-refractivity contribution is 5.79. The topological polar surface area (TPSA) is 116 Å². The van der Waals surface area contributed by atoms with Crippen LogP contribution in [0.1, 0.15) is 43.0 Å². The Kier molecular flexibility index (Phi) is 4.18. The Morgan fingerprint density at radius 3 is 2.86 bits per heavy atom. The number of tetrazole rings is 1. The van der Waals surface area contributed by atoms with Crippen LogP contribution in [-0.2, 0) is 10.2 Å². The summed E-state index contributed by atoms with van der Waals surface area (Å²) in [7, 11) is 0. The van der Waals surface area contributed by atoms with Crippen LogP contribution in [0.25, 0.3) is 11.4 Å². The molecule has 8 heteroatoms. The summed E-state index contributed by atoms with van der Waals surface area (Å²) in [4.78, 5) is 22.5. The van der Waals surface area contributed by atoms with Gasteiger partial charge in [-0.1, -0.05) is 32.0 Å². The van der Waals surface area contributed by atoms with Gasteiger partial charge in [-0.05, 0) is 57.7 Å². The quantitative estimate of drug-likeness (QED) is 0.680. The molecule has 0 aliphatic carbocycles. The maximum absolute atomic E-state index is 11.5. The zero-order valence-electron chi connectivity index (χ0n) is 15.5. The molecule has 1 atom stereocenters. The molecule has 0 fully saturated rings. The molecule has 1 amide bonds. The highest BCUT2D eigenvalue weighted by atomic mass is 16.2. The van der Waals surface area contributed by atoms with Crippen molar-refractivity contribution < 1.29 is 9.59 Å². The number of anilines is 1. The number of carbonyl (C=O) groups is 1. The molecule has 0 spiro atoms. The highest BCUT2D eigenvalue weighted by Gasteiger charge is 2.33. The molecular formula is C20H19N6O2. The van der Waals surface area contributed by atoms with Gasteiger partial charge >= 0.3 is 6.03 Å². The number of benzene rings is 2. The number of aromatic nitrogens is 4. The highest BCUT2D eigenvalue weighted by Crippen LogP contribution is 2.44. The third-order valence-corrected chi connectivity index (χ3v) is 5.14. The number of hydrogen-bond donors (Lipinski definition) is 2. The Labute approximate surface area is 161 Å². The number of hydrogen-bond acceptors (Lipinski definition) is 6. The normalized spacial score (nSPS) is 17.4. The zero-order chi connectivity index (χ0) is 19.9. The van der Waals surface area contributed by atoms with Gasteiger partial charge in [0.2, 0.25) is 6.29 Å². The van der Waals surface area contributed by atoms with Crippen LogP contribution in [-0.4, -0.2) is 32.5 Å². The van der Waals surface area contributed by atoms with Crippen molar-refractivity contribution in [1.29, 1.82) is 0 Å². The lowest BCUT2D eigenvalue weighted by atomic mass is 9.73. The molecule has 1 aliphatic heterocycles. The largest absolute Gasteiger partial charge is 0.378 e. The number of nitrogens with two attached hydrogens (primary N) is 1. The number of nitrogens with zero attached hydrogens (tertiary/aromatic N) is 4. The smallest absolute Gasteiger partial charge is 0.342 e. The fraction of sp³-hybridized carbons (Fsp3) is 0.250. The molecule has 3 N–H and O–H groups in total. The van der Waals surface area contributed by atoms with E-state index in [4.69, 9.17) is 5.73 Å². The van der Waals surface area contributed by atoms with E-state index in [1.807, 2.05) is 42.7 Å². The molecule has 1 aromatic heterocycles. The number of fused-ring (bicyclic) bond motifs is 1. The molecule has 8 nitrogen and oxygen atoms in total. The second kappa shape index (κ2) is 6.56. The molecule has 1 radical (unpaired) electrons. The van der Waals surface area contributed by atoms with Crippen molar-refractivity contribution in [2.75, 3.05) is 5.32 Å². The third kappa shape index (κ3) is 3.02. The first-order chi connectivity index (χ1) is 13.4. The molecule has 0 bridgehead atoms. The van der Waals surface area contributed by atoms with Crippen LogP contribution in [0.4, 0.5) is 10.5 Å². The second-order valence-electron chi connectivity index (χ2n) is 7.53. The van der Waals surface area contributed by atoms with E-state index in [2.05, 4.69) is 34.7 Å². The van der Waals surface area contributed by atoms with Crippen molar-refractivity contribution in [2.24, 2.45) is 5.73 Å². The van der Waals surface area contributed by atoms with E-state index >= 15 is 0 Å². The van der Waals surface area contributed by atoms with Crippen LogP contribution in [0.2, 0.25) is 0 Å². The summed E-state index contributed by atoms with van der Waals surface area (Å²) < 4.78 is 0.976. The minimum Gasteiger partial charge on any atom is -0.378 e. The lowest BCUT2D eigenvalue weighted by Crippen LogP contribution is -2.31. The molecule has 0 saturated heterocycles. The van der Waals surface area contributed by atoms with Gasteiger partial charge in [0.15, 0.2) is 5.82 Å². The zero-order valence-corrected chi connectivity index (χ0v) is 15.5. The summed E-state index contributed by atoms with van der Waals surface area (Å²) in [6.07, 6.45) is 2.78. The number of amides is 1. The van der Waals surface area contributed by atoms with Crippen molar-refractivity contribution in [3.63, 3.8) is 0 Å². The fourth-order valence-electron chi connectivity index (χ4n) is 3.76. The number of rotatable bonds is 3. The maximum Gasteiger partial charge on any atom is 0.342 e. The van der Waals surface area contributed by atoms with E-state index in [9.17, 15) is 9.59 Å². The van der Waals surface area contributed by atoms with Gasteiger partial charge in [0.25, 0.3) is 0 Å². The number of nitrogens with one attached hydrogen (secondary N) is 1. The fourth-order valence-corrected chi connectivity index (χ4v) is 3.76. The lowest BCUT2D eigenvalue weighted by molar-refractivity contribution is 0.247. The molecule has 3 aromatic rings. The number of primary amides is 1. The average Bonchev–Trinajstić information content (AvgIpc) is 3.17. The Morgan fingerprint density at radius 1 is 1.29 bits per heavy atom. The van der Waals surface area contributed by atoms with Crippen molar-refractivity contribution >= 4 is 18.0 Å². The Morgan fingerprint density at radius 2 is 2.11 bits per heavy atom. The summed E-state index contributed by atoms with van der Waals surface area (Å²) in [6.45, 7) is 4.32. The summed E-state index contributed by atoms with van der Waals surface area (Å²) in [5.74, 6) is 0.302. The van der Waals surface area contributed by atoms with Gasteiger partial charge < -0.3 is 11.1 Å². The van der Waals surface area contributed by atoms with E-state index in [0.29, 0.717) is 17.0 Å². The molecule has 141 valence electrons. The van der Waals surface area contributed by atoms with Crippen LogP contribution in [0, 0.1) is 0 Å². The first-order valence-corrected chi connectivity index (χ1v) is 8.87. The minimum atomic E-state index is -0.737. The Hall–Kier alpha value is -3.55. The van der Waals surface area contributed by atoms with Crippen molar-refractivity contribution in [3.8, 4) is 11.4 Å². The van der Waals surface area contributed by atoms with Gasteiger partial charge in [-0.2, -0.15) is 0 Å². The van der Waals surface area contributed by atoms with E-state index < -0.39 is 6.03 Å². The van der Waals surface area contributed by atoms with E-state index in [0.717, 1.165) is 27.9 Å². The minimum absolute atomic E-state index is 0.0476. The van der Waals surface area contributed by atoms with Crippen LogP contribution >= 0.6 is 0 Å². The summed E-state index contributed by atoms with van der Waals surface area (Å²) >= 11 is 0. The maximum atomic E-state index is 11.5. The SMILES string of the molecule is CC1(C)CC(c2cccc(-c3nnnn3C(N)=O)c2)Nc2ccc([C]=O)cc21. The molecule has 0 saturated carbocycles. The molecule has 2 heterocycles. The third-order valence-electron chi connectivity index (χ3n) is 5.14. The number of carbonyl (C=O) groups excluding carboxylic acids is 2. The van der Waals surface area contributed by atoms with Gasteiger partial charge in [0.1, 0.15) is 0 Å². The predicted molar refractivity (Wildman–Crippen MR) is 103 cm³/mol. The molecular weight excluding hydrogens is 356 g/mol. The second-order valence-corrected chi connectivity index (χ2v) is 7.53. The van der Waals surface area contributed by atoms with E-state index in [-0.39, 0.29) is 11.5 Å². The molecule has 1 aliphatic rings.